The van der Waals surface area contributed by atoms with E-state index in [1.165, 1.54) is 28.2 Å². The Morgan fingerprint density at radius 2 is 2.15 bits per heavy atom. The molecule has 0 bridgehead atoms. The van der Waals surface area contributed by atoms with E-state index >= 15 is 0 Å². The van der Waals surface area contributed by atoms with Gasteiger partial charge in [0.25, 0.3) is 0 Å². The smallest absolute Gasteiger partial charge is 0.354 e. The number of aryl methyl sites for hydroxylation is 1. The molecule has 26 heavy (non-hydrogen) atoms. The van der Waals surface area contributed by atoms with E-state index in [0.29, 0.717) is 22.5 Å². The molecule has 1 aromatic carbocycles. The fourth-order valence-corrected chi connectivity index (χ4v) is 3.95. The monoisotopic (exact) mass is 388 g/mol. The highest BCUT2D eigenvalue weighted by atomic mass is 32.1. The number of aromatic nitrogens is 2. The van der Waals surface area contributed by atoms with Crippen molar-refractivity contribution in [2.75, 3.05) is 5.73 Å². The number of hydrogen-bond acceptors (Lipinski definition) is 6. The number of Topliss-reactive ketones (excluding diaryl/α,β-unsaturated/α-hetero) is 1. The van der Waals surface area contributed by atoms with Crippen molar-refractivity contribution in [1.29, 1.82) is 0 Å². The number of nitrogen functional groups attached to an aromatic ring is 1. The van der Waals surface area contributed by atoms with Gasteiger partial charge in [0.2, 0.25) is 5.78 Å². The first-order valence-corrected chi connectivity index (χ1v) is 10.1. The topological polar surface area (TPSA) is 69.1 Å². The minimum atomic E-state index is 0.00949. The molecule has 0 spiro atoms. The lowest BCUT2D eigenvalue weighted by atomic mass is 10.0. The molecule has 2 heterocycles. The van der Waals surface area contributed by atoms with E-state index in [4.69, 9.17) is 10.5 Å². The molecule has 0 unspecified atom stereocenters. The summed E-state index contributed by atoms with van der Waals surface area (Å²) in [4.78, 5) is 13.0. The molecule has 0 aliphatic rings. The molecular weight excluding hydrogens is 366 g/mol. The molecule has 0 amide bonds. The van der Waals surface area contributed by atoms with Crippen molar-refractivity contribution in [3.05, 3.63) is 56.7 Å². The van der Waals surface area contributed by atoms with Crippen LogP contribution in [-0.4, -0.2) is 10.9 Å². The summed E-state index contributed by atoms with van der Waals surface area (Å²) < 4.78 is 7.55. The Labute approximate surface area is 161 Å². The van der Waals surface area contributed by atoms with Crippen molar-refractivity contribution >= 4 is 33.6 Å². The minimum Gasteiger partial charge on any atom is -0.486 e. The molecule has 0 aliphatic heterocycles. The number of hydrogen-bond donors (Lipinski definition) is 1. The molecule has 3 aromatic rings. The molecule has 0 fully saturated rings. The number of nitrogens with zero attached hydrogens (tertiary/aromatic N) is 2. The summed E-state index contributed by atoms with van der Waals surface area (Å²) in [5.41, 5.74) is 8.35. The Bertz CT molecular complexity index is 902. The predicted molar refractivity (Wildman–Crippen MR) is 105 cm³/mol. The van der Waals surface area contributed by atoms with E-state index in [1.54, 1.807) is 4.68 Å². The van der Waals surface area contributed by atoms with Gasteiger partial charge in [0, 0.05) is 0 Å². The van der Waals surface area contributed by atoms with Crippen LogP contribution in [0.5, 0.6) is 5.75 Å². The summed E-state index contributed by atoms with van der Waals surface area (Å²) in [5, 5.41) is 7.57. The van der Waals surface area contributed by atoms with E-state index in [2.05, 4.69) is 31.1 Å². The Kier molecular flexibility index (Phi) is 5.68. The number of rotatable bonds is 7. The SMILES string of the molecule is Cc1ccc(C(C)C)c(OCc2n[n+](CC(=O)c3cccs3)c(N)s2)c1. The molecular formula is C19H22N3O2S2+. The second-order valence-electron chi connectivity index (χ2n) is 6.38. The lowest BCUT2D eigenvalue weighted by Gasteiger charge is -2.13. The van der Waals surface area contributed by atoms with Crippen LogP contribution in [0.25, 0.3) is 0 Å². The van der Waals surface area contributed by atoms with Crippen LogP contribution in [0.1, 0.15) is 45.6 Å². The summed E-state index contributed by atoms with van der Waals surface area (Å²) in [6.45, 7) is 6.80. The Morgan fingerprint density at radius 1 is 1.35 bits per heavy atom. The molecule has 0 saturated carbocycles. The minimum absolute atomic E-state index is 0.00949. The van der Waals surface area contributed by atoms with Crippen LogP contribution in [0.4, 0.5) is 5.13 Å². The van der Waals surface area contributed by atoms with Crippen molar-refractivity contribution in [3.8, 4) is 5.75 Å². The van der Waals surface area contributed by atoms with Crippen molar-refractivity contribution < 1.29 is 14.2 Å². The molecule has 136 valence electrons. The van der Waals surface area contributed by atoms with Crippen LogP contribution in [0.3, 0.4) is 0 Å². The van der Waals surface area contributed by atoms with Crippen molar-refractivity contribution in [2.24, 2.45) is 0 Å². The molecule has 5 nitrogen and oxygen atoms in total. The second-order valence-corrected chi connectivity index (χ2v) is 8.42. The van der Waals surface area contributed by atoms with Crippen LogP contribution < -0.4 is 15.2 Å². The number of ketones is 1. The van der Waals surface area contributed by atoms with Gasteiger partial charge in [-0.2, -0.15) is 0 Å². The largest absolute Gasteiger partial charge is 0.486 e. The van der Waals surface area contributed by atoms with Gasteiger partial charge in [-0.1, -0.05) is 37.1 Å². The summed E-state index contributed by atoms with van der Waals surface area (Å²) in [7, 11) is 0. The van der Waals surface area contributed by atoms with Gasteiger partial charge in [0.05, 0.1) is 4.88 Å². The lowest BCUT2D eigenvalue weighted by molar-refractivity contribution is -0.723. The first kappa shape index (κ1) is 18.5. The van der Waals surface area contributed by atoms with Crippen molar-refractivity contribution in [3.63, 3.8) is 0 Å². The van der Waals surface area contributed by atoms with E-state index < -0.39 is 0 Å². The zero-order valence-corrected chi connectivity index (χ0v) is 16.7. The van der Waals surface area contributed by atoms with Gasteiger partial charge in [-0.05, 0) is 52.8 Å². The number of thiophene rings is 1. The molecule has 0 radical (unpaired) electrons. The standard InChI is InChI=1S/C19H21N3O2S2/c1-12(2)14-7-6-13(3)9-16(14)24-11-18-21-22(19(20)26-18)10-15(23)17-5-4-8-25-17/h4-9,12,20H,10-11H2,1-3H3/p+1. The van der Waals surface area contributed by atoms with E-state index in [1.807, 2.05) is 30.5 Å². The predicted octanol–water partition coefficient (Wildman–Crippen LogP) is 3.97. The maximum atomic E-state index is 12.2. The second kappa shape index (κ2) is 7.97. The van der Waals surface area contributed by atoms with Crippen LogP contribution in [-0.2, 0) is 13.2 Å². The first-order chi connectivity index (χ1) is 12.4. The molecule has 7 heteroatoms. The quantitative estimate of drug-likeness (QED) is 0.491. The fraction of sp³-hybridized carbons (Fsp3) is 0.316. The maximum absolute atomic E-state index is 12.2. The van der Waals surface area contributed by atoms with Crippen LogP contribution in [0, 0.1) is 6.92 Å². The number of anilines is 1. The number of carbonyl (C=O) groups is 1. The van der Waals surface area contributed by atoms with Gasteiger partial charge in [-0.15, -0.1) is 16.0 Å². The van der Waals surface area contributed by atoms with Crippen molar-refractivity contribution in [2.45, 2.75) is 39.8 Å². The molecule has 0 atom stereocenters. The summed E-state index contributed by atoms with van der Waals surface area (Å²) in [6.07, 6.45) is 0. The molecule has 0 aliphatic carbocycles. The van der Waals surface area contributed by atoms with Crippen LogP contribution >= 0.6 is 22.7 Å². The molecule has 0 saturated heterocycles. The third kappa shape index (κ3) is 4.28. The average molecular weight is 389 g/mol. The van der Waals surface area contributed by atoms with Crippen LogP contribution in [0.2, 0.25) is 0 Å². The van der Waals surface area contributed by atoms with Gasteiger partial charge in [-0.3, -0.25) is 10.5 Å². The lowest BCUT2D eigenvalue weighted by Crippen LogP contribution is -2.41. The summed E-state index contributed by atoms with van der Waals surface area (Å²) in [6, 6.07) is 9.91. The van der Waals surface area contributed by atoms with E-state index in [0.717, 1.165) is 16.3 Å². The number of benzene rings is 1. The Balaban J connectivity index is 1.70. The fourth-order valence-electron chi connectivity index (χ4n) is 2.58. The highest BCUT2D eigenvalue weighted by molar-refractivity contribution is 7.14. The zero-order chi connectivity index (χ0) is 18.7. The van der Waals surface area contributed by atoms with Gasteiger partial charge in [-0.25, -0.2) is 0 Å². The third-order valence-corrected chi connectivity index (χ3v) is 5.71. The summed E-state index contributed by atoms with van der Waals surface area (Å²) in [5.74, 6) is 1.26. The normalized spacial score (nSPS) is 11.1. The third-order valence-electron chi connectivity index (χ3n) is 3.94. The van der Waals surface area contributed by atoms with Gasteiger partial charge < -0.3 is 4.74 Å². The maximum Gasteiger partial charge on any atom is 0.354 e. The molecule has 2 N–H and O–H groups in total. The highest BCUT2D eigenvalue weighted by Crippen LogP contribution is 2.28. The van der Waals surface area contributed by atoms with Crippen molar-refractivity contribution in [1.82, 2.24) is 5.10 Å². The van der Waals surface area contributed by atoms with Gasteiger partial charge >= 0.3 is 5.13 Å². The first-order valence-electron chi connectivity index (χ1n) is 8.39. The molecule has 2 aromatic heterocycles. The van der Waals surface area contributed by atoms with E-state index in [-0.39, 0.29) is 12.3 Å². The summed E-state index contributed by atoms with van der Waals surface area (Å²) >= 11 is 2.77. The number of nitrogens with two attached hydrogens (primary N) is 1. The highest BCUT2D eigenvalue weighted by Gasteiger charge is 2.19. The Hall–Kier alpha value is -2.25. The van der Waals surface area contributed by atoms with Gasteiger partial charge in [0.15, 0.2) is 11.6 Å². The number of carbonyl (C=O) groups excluding carboxylic acids is 1. The zero-order valence-electron chi connectivity index (χ0n) is 15.1. The average Bonchev–Trinajstić information content (AvgIpc) is 3.23. The van der Waals surface area contributed by atoms with Crippen LogP contribution in [0.15, 0.2) is 35.7 Å². The Morgan fingerprint density at radius 3 is 2.85 bits per heavy atom. The van der Waals surface area contributed by atoms with Gasteiger partial charge in [0.1, 0.15) is 12.4 Å². The molecule has 3 rings (SSSR count). The number of ether oxygens (including phenoxy) is 1. The van der Waals surface area contributed by atoms with E-state index in [9.17, 15) is 4.79 Å².